The summed E-state index contributed by atoms with van der Waals surface area (Å²) in [4.78, 5) is 12.7. The molecule has 0 aliphatic carbocycles. The van der Waals surface area contributed by atoms with E-state index in [0.717, 1.165) is 11.2 Å². The van der Waals surface area contributed by atoms with E-state index in [0.29, 0.717) is 18.6 Å². The van der Waals surface area contributed by atoms with Crippen LogP contribution in [-0.2, 0) is 11.3 Å². The minimum Gasteiger partial charge on any atom is -0.481 e. The lowest BCUT2D eigenvalue weighted by Gasteiger charge is -2.22. The predicted octanol–water partition coefficient (Wildman–Crippen LogP) is 0.0855. The summed E-state index contributed by atoms with van der Waals surface area (Å²) in [5.41, 5.74) is 2.30. The maximum Gasteiger partial charge on any atom is 0.305 e. The Hall–Kier alpha value is -2.19. The number of aromatic nitrogens is 3. The highest BCUT2D eigenvalue weighted by atomic mass is 16.4. The standard InChI is InChI=1S/C14H20N4O4/c1-2-17(6-5-14(21)22)10-3-4-13-12(7-10)15-16-18(13)8-11(20)9-19/h3-4,7,11,19-20H,2,5-6,8-9H2,1H3,(H,21,22). The van der Waals surface area contributed by atoms with Crippen molar-refractivity contribution in [3.63, 3.8) is 0 Å². The number of aliphatic hydroxyl groups is 2. The average molecular weight is 308 g/mol. The summed E-state index contributed by atoms with van der Waals surface area (Å²) in [5, 5.41) is 35.2. The largest absolute Gasteiger partial charge is 0.481 e. The summed E-state index contributed by atoms with van der Waals surface area (Å²) >= 11 is 0. The first-order chi connectivity index (χ1) is 10.5. The molecule has 0 saturated heterocycles. The van der Waals surface area contributed by atoms with Crippen LogP contribution in [0.15, 0.2) is 18.2 Å². The molecule has 22 heavy (non-hydrogen) atoms. The monoisotopic (exact) mass is 308 g/mol. The van der Waals surface area contributed by atoms with E-state index < -0.39 is 12.1 Å². The second-order valence-corrected chi connectivity index (χ2v) is 5.00. The topological polar surface area (TPSA) is 112 Å². The highest BCUT2D eigenvalue weighted by molar-refractivity contribution is 5.79. The lowest BCUT2D eigenvalue weighted by atomic mass is 10.2. The molecule has 0 saturated carbocycles. The summed E-state index contributed by atoms with van der Waals surface area (Å²) in [6.07, 6.45) is -0.811. The van der Waals surface area contributed by atoms with Crippen molar-refractivity contribution in [3.8, 4) is 0 Å². The van der Waals surface area contributed by atoms with Crippen LogP contribution in [0, 0.1) is 0 Å². The van der Waals surface area contributed by atoms with Gasteiger partial charge in [-0.1, -0.05) is 5.21 Å². The van der Waals surface area contributed by atoms with Gasteiger partial charge in [-0.3, -0.25) is 4.79 Å². The molecule has 2 rings (SSSR count). The zero-order chi connectivity index (χ0) is 16.1. The molecule has 0 aliphatic heterocycles. The minimum atomic E-state index is -0.882. The molecular formula is C14H20N4O4. The van der Waals surface area contributed by atoms with Gasteiger partial charge < -0.3 is 20.2 Å². The van der Waals surface area contributed by atoms with E-state index in [2.05, 4.69) is 10.3 Å². The molecule has 2 aromatic rings. The fourth-order valence-corrected chi connectivity index (χ4v) is 2.25. The molecule has 1 atom stereocenters. The van der Waals surface area contributed by atoms with Gasteiger partial charge in [0.05, 0.1) is 31.2 Å². The van der Waals surface area contributed by atoms with Gasteiger partial charge in [-0.25, -0.2) is 4.68 Å². The Balaban J connectivity index is 2.21. The van der Waals surface area contributed by atoms with Crippen molar-refractivity contribution in [2.24, 2.45) is 0 Å². The van der Waals surface area contributed by atoms with Gasteiger partial charge in [0, 0.05) is 18.8 Å². The maximum absolute atomic E-state index is 10.7. The molecule has 120 valence electrons. The number of carboxylic acids is 1. The second kappa shape index (κ2) is 7.19. The zero-order valence-corrected chi connectivity index (χ0v) is 12.4. The molecular weight excluding hydrogens is 288 g/mol. The Morgan fingerprint density at radius 3 is 2.86 bits per heavy atom. The van der Waals surface area contributed by atoms with E-state index in [9.17, 15) is 9.90 Å². The number of aliphatic carboxylic acids is 1. The fourth-order valence-electron chi connectivity index (χ4n) is 2.25. The van der Waals surface area contributed by atoms with Crippen molar-refractivity contribution in [1.29, 1.82) is 0 Å². The smallest absolute Gasteiger partial charge is 0.305 e. The summed E-state index contributed by atoms with van der Waals surface area (Å²) in [6, 6.07) is 5.55. The van der Waals surface area contributed by atoms with E-state index in [1.54, 1.807) is 0 Å². The van der Waals surface area contributed by atoms with Crippen LogP contribution in [0.4, 0.5) is 5.69 Å². The first kappa shape index (κ1) is 16.2. The van der Waals surface area contributed by atoms with Gasteiger partial charge in [0.15, 0.2) is 0 Å². The van der Waals surface area contributed by atoms with Gasteiger partial charge in [-0.05, 0) is 25.1 Å². The molecule has 1 unspecified atom stereocenters. The van der Waals surface area contributed by atoms with Crippen LogP contribution in [0.5, 0.6) is 0 Å². The number of nitrogens with zero attached hydrogens (tertiary/aromatic N) is 4. The van der Waals surface area contributed by atoms with Crippen LogP contribution in [0.25, 0.3) is 11.0 Å². The number of hydrogen-bond donors (Lipinski definition) is 3. The van der Waals surface area contributed by atoms with Crippen LogP contribution < -0.4 is 4.90 Å². The van der Waals surface area contributed by atoms with Gasteiger partial charge in [-0.2, -0.15) is 0 Å². The Morgan fingerprint density at radius 1 is 1.45 bits per heavy atom. The number of hydrogen-bond acceptors (Lipinski definition) is 6. The van der Waals surface area contributed by atoms with E-state index in [-0.39, 0.29) is 19.6 Å². The third kappa shape index (κ3) is 3.71. The summed E-state index contributed by atoms with van der Waals surface area (Å²) in [6.45, 7) is 2.91. The molecule has 0 amide bonds. The van der Waals surface area contributed by atoms with Crippen molar-refractivity contribution in [1.82, 2.24) is 15.0 Å². The van der Waals surface area contributed by atoms with Gasteiger partial charge in [0.1, 0.15) is 5.52 Å². The molecule has 1 aromatic heterocycles. The second-order valence-electron chi connectivity index (χ2n) is 5.00. The van der Waals surface area contributed by atoms with Crippen molar-refractivity contribution < 1.29 is 20.1 Å². The quantitative estimate of drug-likeness (QED) is 0.633. The van der Waals surface area contributed by atoms with Gasteiger partial charge >= 0.3 is 5.97 Å². The number of aliphatic hydroxyl groups excluding tert-OH is 2. The Bertz CT molecular complexity index is 643. The first-order valence-corrected chi connectivity index (χ1v) is 7.14. The molecule has 0 fully saturated rings. The van der Waals surface area contributed by atoms with Gasteiger partial charge in [0.25, 0.3) is 0 Å². The summed E-state index contributed by atoms with van der Waals surface area (Å²) in [7, 11) is 0. The summed E-state index contributed by atoms with van der Waals surface area (Å²) < 4.78 is 1.54. The molecule has 3 N–H and O–H groups in total. The Morgan fingerprint density at radius 2 is 2.23 bits per heavy atom. The molecule has 1 heterocycles. The fraction of sp³-hybridized carbons (Fsp3) is 0.500. The molecule has 8 nitrogen and oxygen atoms in total. The van der Waals surface area contributed by atoms with Crippen LogP contribution in [0.3, 0.4) is 0 Å². The van der Waals surface area contributed by atoms with Gasteiger partial charge in [-0.15, -0.1) is 5.10 Å². The number of benzene rings is 1. The van der Waals surface area contributed by atoms with E-state index >= 15 is 0 Å². The lowest BCUT2D eigenvalue weighted by molar-refractivity contribution is -0.136. The molecule has 8 heteroatoms. The van der Waals surface area contributed by atoms with Crippen LogP contribution >= 0.6 is 0 Å². The summed E-state index contributed by atoms with van der Waals surface area (Å²) in [5.74, 6) is -0.830. The molecule has 0 aliphatic rings. The normalized spacial score (nSPS) is 12.5. The molecule has 0 spiro atoms. The van der Waals surface area contributed by atoms with Crippen molar-refractivity contribution >= 4 is 22.7 Å². The number of rotatable bonds is 8. The Kier molecular flexibility index (Phi) is 5.29. The number of anilines is 1. The third-order valence-electron chi connectivity index (χ3n) is 3.43. The van der Waals surface area contributed by atoms with Crippen molar-refractivity contribution in [2.45, 2.75) is 26.0 Å². The number of carboxylic acid groups (broad SMARTS) is 1. The van der Waals surface area contributed by atoms with Crippen LogP contribution in [-0.4, -0.2) is 62.1 Å². The zero-order valence-electron chi connectivity index (χ0n) is 12.4. The van der Waals surface area contributed by atoms with Gasteiger partial charge in [0.2, 0.25) is 0 Å². The van der Waals surface area contributed by atoms with E-state index in [4.69, 9.17) is 10.2 Å². The first-order valence-electron chi connectivity index (χ1n) is 7.14. The highest BCUT2D eigenvalue weighted by Crippen LogP contribution is 2.21. The number of fused-ring (bicyclic) bond motifs is 1. The third-order valence-corrected chi connectivity index (χ3v) is 3.43. The van der Waals surface area contributed by atoms with E-state index in [1.807, 2.05) is 30.0 Å². The van der Waals surface area contributed by atoms with E-state index in [1.165, 1.54) is 4.68 Å². The predicted molar refractivity (Wildman–Crippen MR) is 80.8 cm³/mol. The average Bonchev–Trinajstić information content (AvgIpc) is 2.90. The number of carbonyl (C=O) groups is 1. The SMILES string of the molecule is CCN(CCC(=O)O)c1ccc2c(c1)nnn2CC(O)CO. The molecule has 1 aromatic carbocycles. The van der Waals surface area contributed by atoms with Crippen LogP contribution in [0.1, 0.15) is 13.3 Å². The maximum atomic E-state index is 10.7. The minimum absolute atomic E-state index is 0.0707. The lowest BCUT2D eigenvalue weighted by Crippen LogP contribution is -2.25. The van der Waals surface area contributed by atoms with Crippen molar-refractivity contribution in [3.05, 3.63) is 18.2 Å². The molecule has 0 bridgehead atoms. The highest BCUT2D eigenvalue weighted by Gasteiger charge is 2.12. The molecule has 0 radical (unpaired) electrons. The van der Waals surface area contributed by atoms with Crippen LogP contribution in [0.2, 0.25) is 0 Å². The Labute approximate surface area is 127 Å². The van der Waals surface area contributed by atoms with Crippen molar-refractivity contribution in [2.75, 3.05) is 24.6 Å².